The number of hydrogen-bond acceptors (Lipinski definition) is 8. The summed E-state index contributed by atoms with van der Waals surface area (Å²) in [6.07, 6.45) is 10.7. The Balaban J connectivity index is 1.06. The molecule has 1 aliphatic carbocycles. The van der Waals surface area contributed by atoms with Gasteiger partial charge in [-0.3, -0.25) is 14.4 Å². The van der Waals surface area contributed by atoms with E-state index >= 15 is 0 Å². The first-order valence-corrected chi connectivity index (χ1v) is 18.3. The van der Waals surface area contributed by atoms with Gasteiger partial charge in [0.15, 0.2) is 5.65 Å². The highest BCUT2D eigenvalue weighted by Crippen LogP contribution is 2.39. The molecule has 13 nitrogen and oxygen atoms in total. The Morgan fingerprint density at radius 2 is 1.86 bits per heavy atom. The zero-order chi connectivity index (χ0) is 35.7. The average Bonchev–Trinajstić information content (AvgIpc) is 3.87. The van der Waals surface area contributed by atoms with Crippen molar-refractivity contribution in [2.45, 2.75) is 96.9 Å². The first-order valence-electron chi connectivity index (χ1n) is 18.3. The number of ether oxygens (including phenoxy) is 1. The van der Waals surface area contributed by atoms with Gasteiger partial charge in [0.1, 0.15) is 23.4 Å². The van der Waals surface area contributed by atoms with Crippen LogP contribution in [0.5, 0.6) is 5.75 Å². The van der Waals surface area contributed by atoms with E-state index in [1.807, 2.05) is 51.8 Å². The number of amides is 2. The Morgan fingerprint density at radius 3 is 2.65 bits per heavy atom. The molecule has 2 amide bonds. The van der Waals surface area contributed by atoms with E-state index in [0.717, 1.165) is 91.7 Å². The number of piperidine rings is 1. The summed E-state index contributed by atoms with van der Waals surface area (Å²) in [5.74, 6) is 2.23. The van der Waals surface area contributed by atoms with Crippen LogP contribution in [0.25, 0.3) is 11.3 Å². The lowest BCUT2D eigenvalue weighted by Crippen LogP contribution is -2.38. The molecule has 51 heavy (non-hydrogen) atoms. The Hall–Kier alpha value is -4.91. The molecule has 1 saturated heterocycles. The van der Waals surface area contributed by atoms with Crippen LogP contribution < -0.4 is 20.3 Å². The fourth-order valence-corrected chi connectivity index (χ4v) is 7.07. The molecule has 5 aromatic rings. The van der Waals surface area contributed by atoms with E-state index < -0.39 is 0 Å². The number of carbonyl (C=O) groups excluding carboxylic acids is 1. The van der Waals surface area contributed by atoms with Crippen LogP contribution in [0.1, 0.15) is 95.7 Å². The van der Waals surface area contributed by atoms with Gasteiger partial charge in [-0.25, -0.2) is 9.48 Å². The second-order valence-corrected chi connectivity index (χ2v) is 15.0. The second kappa shape index (κ2) is 14.4. The van der Waals surface area contributed by atoms with Crippen LogP contribution in [0.4, 0.5) is 16.6 Å². The monoisotopic (exact) mass is 693 g/mol. The summed E-state index contributed by atoms with van der Waals surface area (Å²) in [5, 5.41) is 24.8. The molecule has 2 N–H and O–H groups in total. The molecule has 5 heterocycles. The maximum Gasteiger partial charge on any atom is 0.320 e. The molecule has 2 aliphatic rings. The van der Waals surface area contributed by atoms with Crippen LogP contribution in [-0.2, 0) is 12.0 Å². The van der Waals surface area contributed by atoms with Gasteiger partial charge >= 0.3 is 6.03 Å². The minimum atomic E-state index is -0.287. The van der Waals surface area contributed by atoms with Crippen molar-refractivity contribution >= 4 is 23.4 Å². The number of aromatic nitrogens is 7. The van der Waals surface area contributed by atoms with Gasteiger partial charge in [0, 0.05) is 30.6 Å². The highest BCUT2D eigenvalue weighted by Gasteiger charge is 2.31. The average molecular weight is 694 g/mol. The zero-order valence-corrected chi connectivity index (χ0v) is 30.7. The van der Waals surface area contributed by atoms with Gasteiger partial charge in [0.05, 0.1) is 36.9 Å². The summed E-state index contributed by atoms with van der Waals surface area (Å²) in [6, 6.07) is 14.1. The molecule has 1 aliphatic heterocycles. The first kappa shape index (κ1) is 34.5. The maximum atomic E-state index is 13.7. The lowest BCUT2D eigenvalue weighted by atomic mass is 9.85. The standard InChI is InChI=1S/C38H51N11O2/c1-7-45(6)20-21-46-24-27(23-39-46)49-35(22-33(44-49)38(3,4)5)41-36(50)40-31-16-17-32(30-14-9-8-13-29(30)31)51-28-15-18-34-42-43-37(48(34)25-28)47-19-11-10-12-26(47)2/h8-9,13-15,18,22-26,31-32H,7,10-12,16-17,19-21H2,1-6H3,(H2,40,41,50). The van der Waals surface area contributed by atoms with Crippen molar-refractivity contribution in [2.75, 3.05) is 36.9 Å². The van der Waals surface area contributed by atoms with Crippen molar-refractivity contribution in [1.82, 2.24) is 44.4 Å². The Labute approximate surface area is 300 Å². The molecule has 0 bridgehead atoms. The molecule has 0 radical (unpaired) electrons. The number of benzene rings is 1. The third-order valence-corrected chi connectivity index (χ3v) is 10.3. The van der Waals surface area contributed by atoms with Crippen LogP contribution in [0, 0.1) is 0 Å². The number of hydrogen-bond donors (Lipinski definition) is 2. The Morgan fingerprint density at radius 1 is 1.04 bits per heavy atom. The summed E-state index contributed by atoms with van der Waals surface area (Å²) >= 11 is 0. The number of nitrogens with one attached hydrogen (secondary N) is 2. The molecule has 3 unspecified atom stereocenters. The Bertz CT molecular complexity index is 1970. The molecule has 0 spiro atoms. The number of rotatable bonds is 10. The van der Waals surface area contributed by atoms with E-state index in [2.05, 4.69) is 89.5 Å². The molecular weight excluding hydrogens is 642 g/mol. The maximum absolute atomic E-state index is 13.7. The van der Waals surface area contributed by atoms with Crippen LogP contribution in [-0.4, -0.2) is 77.8 Å². The molecule has 4 aromatic heterocycles. The summed E-state index contributed by atoms with van der Waals surface area (Å²) in [5.41, 5.74) is 4.40. The second-order valence-electron chi connectivity index (χ2n) is 15.0. The van der Waals surface area contributed by atoms with E-state index in [4.69, 9.17) is 9.84 Å². The fraction of sp³-hybridized carbons (Fsp3) is 0.500. The van der Waals surface area contributed by atoms with Crippen LogP contribution in [0.3, 0.4) is 0 Å². The Kier molecular flexibility index (Phi) is 9.73. The number of nitrogens with zero attached hydrogens (tertiary/aromatic N) is 9. The number of fused-ring (bicyclic) bond motifs is 2. The molecular formula is C38H51N11O2. The molecule has 270 valence electrons. The topological polar surface area (TPSA) is 123 Å². The highest BCUT2D eigenvalue weighted by molar-refractivity contribution is 5.89. The van der Waals surface area contributed by atoms with E-state index in [-0.39, 0.29) is 23.6 Å². The van der Waals surface area contributed by atoms with Gasteiger partial charge in [0.25, 0.3) is 0 Å². The van der Waals surface area contributed by atoms with E-state index in [1.54, 1.807) is 10.9 Å². The fourth-order valence-electron chi connectivity index (χ4n) is 7.07. The van der Waals surface area contributed by atoms with Gasteiger partial charge in [-0.15, -0.1) is 10.2 Å². The highest BCUT2D eigenvalue weighted by atomic mass is 16.5. The van der Waals surface area contributed by atoms with E-state index in [0.29, 0.717) is 11.9 Å². The number of anilines is 2. The molecule has 1 aromatic carbocycles. The van der Waals surface area contributed by atoms with Crippen LogP contribution >= 0.6 is 0 Å². The van der Waals surface area contributed by atoms with Gasteiger partial charge in [-0.1, -0.05) is 52.0 Å². The zero-order valence-electron chi connectivity index (χ0n) is 30.7. The number of likely N-dealkylation sites (N-methyl/N-ethyl adjacent to an activating group) is 1. The lowest BCUT2D eigenvalue weighted by molar-refractivity contribution is 0.171. The normalized spacial score (nSPS) is 19.4. The number of pyridine rings is 1. The smallest absolute Gasteiger partial charge is 0.320 e. The molecule has 13 heteroatoms. The van der Waals surface area contributed by atoms with Crippen LogP contribution in [0.2, 0.25) is 0 Å². The van der Waals surface area contributed by atoms with Crippen molar-refractivity contribution in [1.29, 1.82) is 0 Å². The lowest BCUT2D eigenvalue weighted by Gasteiger charge is -2.33. The van der Waals surface area contributed by atoms with Crippen molar-refractivity contribution in [3.05, 3.63) is 77.9 Å². The van der Waals surface area contributed by atoms with Crippen molar-refractivity contribution in [3.8, 4) is 11.4 Å². The van der Waals surface area contributed by atoms with E-state index in [9.17, 15) is 4.79 Å². The summed E-state index contributed by atoms with van der Waals surface area (Å²) < 4.78 is 12.4. The molecule has 7 rings (SSSR count). The van der Waals surface area contributed by atoms with Crippen molar-refractivity contribution < 1.29 is 9.53 Å². The van der Waals surface area contributed by atoms with Gasteiger partial charge in [-0.2, -0.15) is 10.2 Å². The predicted octanol–water partition coefficient (Wildman–Crippen LogP) is 6.52. The third-order valence-electron chi connectivity index (χ3n) is 10.3. The summed E-state index contributed by atoms with van der Waals surface area (Å²) in [6.45, 7) is 14.3. The van der Waals surface area contributed by atoms with Gasteiger partial charge < -0.3 is 19.9 Å². The van der Waals surface area contributed by atoms with Crippen LogP contribution in [0.15, 0.2) is 61.1 Å². The predicted molar refractivity (Wildman–Crippen MR) is 199 cm³/mol. The summed E-state index contributed by atoms with van der Waals surface area (Å²) in [7, 11) is 2.09. The largest absolute Gasteiger partial charge is 0.484 e. The van der Waals surface area contributed by atoms with Crippen molar-refractivity contribution in [2.24, 2.45) is 0 Å². The van der Waals surface area contributed by atoms with E-state index in [1.165, 1.54) is 6.42 Å². The minimum absolute atomic E-state index is 0.155. The quantitative estimate of drug-likeness (QED) is 0.170. The molecule has 0 saturated carbocycles. The molecule has 3 atom stereocenters. The van der Waals surface area contributed by atoms with Gasteiger partial charge in [-0.05, 0) is 75.9 Å². The van der Waals surface area contributed by atoms with Gasteiger partial charge in [0.2, 0.25) is 5.95 Å². The third kappa shape index (κ3) is 7.44. The summed E-state index contributed by atoms with van der Waals surface area (Å²) in [4.78, 5) is 18.3. The molecule has 1 fully saturated rings. The minimum Gasteiger partial charge on any atom is -0.484 e. The number of carbonyl (C=O) groups is 1. The van der Waals surface area contributed by atoms with Crippen molar-refractivity contribution in [3.63, 3.8) is 0 Å². The first-order chi connectivity index (χ1) is 24.6. The SMILES string of the molecule is CCN(C)CCn1cc(-n2nc(C(C)(C)C)cc2NC(=O)NC2CCC(Oc3ccc4nnc(N5CCCCC5C)n4c3)c3ccccc32)cn1. The number of urea groups is 1.